The van der Waals surface area contributed by atoms with E-state index in [4.69, 9.17) is 31.4 Å². The first-order chi connectivity index (χ1) is 25.2. The molecule has 0 fully saturated rings. The molecular formula is C45H43B5N2OS. The van der Waals surface area contributed by atoms with Gasteiger partial charge in [0.05, 0.1) is 11.4 Å². The van der Waals surface area contributed by atoms with Crippen LogP contribution in [0.3, 0.4) is 0 Å². The van der Waals surface area contributed by atoms with Crippen LogP contribution in [0.1, 0.15) is 84.6 Å². The van der Waals surface area contributed by atoms with Crippen LogP contribution in [0.2, 0.25) is 0 Å². The van der Waals surface area contributed by atoms with Crippen LogP contribution in [0.15, 0.2) is 72.8 Å². The topological polar surface area (TPSA) is 26.7 Å². The van der Waals surface area contributed by atoms with Crippen LogP contribution in [-0.2, 0) is 16.2 Å². The average molecular weight is 714 g/mol. The summed E-state index contributed by atoms with van der Waals surface area (Å²) in [5.41, 5.74) is 12.9. The number of hydrogen-bond donors (Lipinski definition) is 1. The van der Waals surface area contributed by atoms with E-state index in [0.29, 0.717) is 5.69 Å². The average Bonchev–Trinajstić information content (AvgIpc) is 3.48. The molecule has 1 N–H and O–H groups in total. The van der Waals surface area contributed by atoms with Gasteiger partial charge in [0, 0.05) is 37.6 Å². The second-order valence-corrected chi connectivity index (χ2v) is 19.4. The first-order valence-corrected chi connectivity index (χ1v) is 19.5. The molecule has 0 unspecified atom stereocenters. The zero-order valence-electron chi connectivity index (χ0n) is 33.1. The smallest absolute Gasteiger partial charge is 0.264 e. The van der Waals surface area contributed by atoms with Gasteiger partial charge in [-0.2, -0.15) is 0 Å². The van der Waals surface area contributed by atoms with E-state index < -0.39 is 0 Å². The fourth-order valence-corrected chi connectivity index (χ4v) is 9.50. The quantitative estimate of drug-likeness (QED) is 0.221. The van der Waals surface area contributed by atoms with E-state index in [9.17, 15) is 5.11 Å². The number of benzene rings is 5. The van der Waals surface area contributed by atoms with Crippen LogP contribution < -0.4 is 47.4 Å². The van der Waals surface area contributed by atoms with Crippen molar-refractivity contribution in [3.05, 3.63) is 95.1 Å². The van der Waals surface area contributed by atoms with Crippen molar-refractivity contribution in [3.63, 3.8) is 0 Å². The van der Waals surface area contributed by atoms with Gasteiger partial charge < -0.3 is 14.9 Å². The Morgan fingerprint density at radius 1 is 0.574 bits per heavy atom. The Kier molecular flexibility index (Phi) is 8.26. The van der Waals surface area contributed by atoms with E-state index in [2.05, 4.69) is 152 Å². The molecule has 9 heteroatoms. The lowest BCUT2D eigenvalue weighted by molar-refractivity contribution is 0.481. The van der Waals surface area contributed by atoms with E-state index in [0.717, 1.165) is 39.2 Å². The van der Waals surface area contributed by atoms with Gasteiger partial charge in [0.25, 0.3) is 6.71 Å². The number of rotatable bonds is 2. The lowest BCUT2D eigenvalue weighted by atomic mass is 9.36. The summed E-state index contributed by atoms with van der Waals surface area (Å²) in [7, 11) is 26.1. The first kappa shape index (κ1) is 36.7. The molecule has 54 heavy (non-hydrogen) atoms. The highest BCUT2D eigenvalue weighted by Crippen LogP contribution is 2.49. The molecule has 0 atom stereocenters. The minimum atomic E-state index is -0.193. The molecule has 0 saturated carbocycles. The molecule has 8 radical (unpaired) electrons. The number of phenolic OH excluding ortho intramolecular Hbond substituents is 1. The number of aryl methyl sites for hydroxylation is 1. The van der Waals surface area contributed by atoms with Crippen LogP contribution in [0, 0.1) is 6.92 Å². The monoisotopic (exact) mass is 714 g/mol. The summed E-state index contributed by atoms with van der Waals surface area (Å²) in [5, 5.41) is 13.1. The third-order valence-electron chi connectivity index (χ3n) is 11.4. The Labute approximate surface area is 330 Å². The summed E-state index contributed by atoms with van der Waals surface area (Å²) >= 11 is 1.86. The second-order valence-electron chi connectivity index (χ2n) is 18.3. The SMILES string of the molecule is [B]c1c([B])c([B])c(N2c3ccc(C(C)(C)C)cc3B3c4sc5ccc(C(C)(C)C)cc5c4N(c4ccc(C(C)(C)C)cc4)c4cc(C)cc2c43)c(O)c1[B]. The van der Waals surface area contributed by atoms with E-state index >= 15 is 0 Å². The predicted molar refractivity (Wildman–Crippen MR) is 240 cm³/mol. The van der Waals surface area contributed by atoms with Gasteiger partial charge in [0.2, 0.25) is 0 Å². The molecule has 5 aromatic carbocycles. The Balaban J connectivity index is 1.53. The maximum absolute atomic E-state index is 11.8. The zero-order valence-corrected chi connectivity index (χ0v) is 33.9. The largest absolute Gasteiger partial charge is 0.506 e. The van der Waals surface area contributed by atoms with Gasteiger partial charge in [-0.05, 0) is 98.8 Å². The molecule has 1 aromatic heterocycles. The fraction of sp³-hybridized carbons (Fsp3) is 0.289. The van der Waals surface area contributed by atoms with Gasteiger partial charge in [0.15, 0.2) is 0 Å². The molecular weight excluding hydrogens is 671 g/mol. The van der Waals surface area contributed by atoms with Gasteiger partial charge in [-0.15, -0.1) is 22.3 Å². The Morgan fingerprint density at radius 3 is 1.72 bits per heavy atom. The highest BCUT2D eigenvalue weighted by Gasteiger charge is 2.46. The fourth-order valence-electron chi connectivity index (χ4n) is 8.20. The molecule has 0 amide bonds. The third kappa shape index (κ3) is 5.51. The molecule has 8 rings (SSSR count). The van der Waals surface area contributed by atoms with Crippen LogP contribution >= 0.6 is 11.3 Å². The van der Waals surface area contributed by atoms with Crippen LogP contribution in [0.5, 0.6) is 5.75 Å². The number of hydrogen-bond acceptors (Lipinski definition) is 4. The maximum Gasteiger partial charge on any atom is 0.264 e. The molecule has 2 aliphatic rings. The van der Waals surface area contributed by atoms with E-state index in [1.165, 1.54) is 37.2 Å². The van der Waals surface area contributed by atoms with Crippen LogP contribution in [0.4, 0.5) is 34.1 Å². The minimum absolute atomic E-state index is 0.00946. The predicted octanol–water partition coefficient (Wildman–Crippen LogP) is 6.07. The molecule has 0 bridgehead atoms. The summed E-state index contributed by atoms with van der Waals surface area (Å²) in [6.45, 7) is 22.3. The van der Waals surface area contributed by atoms with E-state index in [-0.39, 0.29) is 50.6 Å². The van der Waals surface area contributed by atoms with Crippen molar-refractivity contribution < 1.29 is 5.11 Å². The summed E-state index contributed by atoms with van der Waals surface area (Å²) in [4.78, 5) is 4.51. The standard InChI is InChI=1S/C45H43B5N2OS/c1-23-19-31-38-32(20-23)52(40-36(48)34(46)35(47)37(49)41(40)53)30-17-13-26(45(8,9)10)22-29(30)50(38)42-39(28-21-25(44(5,6)7)14-18-33(28)54-42)51(31)27-15-11-24(12-16-27)43(2,3)4/h11-22,53H,1-10H3. The van der Waals surface area contributed by atoms with Crippen molar-refractivity contribution in [3.8, 4) is 5.75 Å². The van der Waals surface area contributed by atoms with Crippen molar-refractivity contribution in [2.45, 2.75) is 85.5 Å². The van der Waals surface area contributed by atoms with Crippen molar-refractivity contribution >= 4 is 131 Å². The van der Waals surface area contributed by atoms with Gasteiger partial charge in [-0.1, -0.05) is 104 Å². The lowest BCUT2D eigenvalue weighted by Crippen LogP contribution is -2.61. The normalized spacial score (nSPS) is 14.0. The van der Waals surface area contributed by atoms with Crippen molar-refractivity contribution in [1.82, 2.24) is 0 Å². The van der Waals surface area contributed by atoms with Crippen molar-refractivity contribution in [2.75, 3.05) is 9.80 Å². The number of nitrogens with zero attached hydrogens (tertiary/aromatic N) is 2. The number of thiophene rings is 1. The Morgan fingerprint density at radius 2 is 1.11 bits per heavy atom. The molecule has 0 aliphatic carbocycles. The second kappa shape index (κ2) is 12.1. The van der Waals surface area contributed by atoms with Gasteiger partial charge in [-0.3, -0.25) is 0 Å². The molecule has 6 aromatic rings. The molecule has 260 valence electrons. The molecule has 3 heterocycles. The van der Waals surface area contributed by atoms with Gasteiger partial charge >= 0.3 is 0 Å². The third-order valence-corrected chi connectivity index (χ3v) is 12.6. The van der Waals surface area contributed by atoms with Crippen LogP contribution in [0.25, 0.3) is 10.1 Å². The highest BCUT2D eigenvalue weighted by molar-refractivity contribution is 7.33. The van der Waals surface area contributed by atoms with Crippen molar-refractivity contribution in [2.24, 2.45) is 0 Å². The minimum Gasteiger partial charge on any atom is -0.506 e. The van der Waals surface area contributed by atoms with Gasteiger partial charge in [-0.25, -0.2) is 0 Å². The number of anilines is 6. The molecule has 2 aliphatic heterocycles. The van der Waals surface area contributed by atoms with E-state index in [1.807, 2.05) is 11.3 Å². The highest BCUT2D eigenvalue weighted by atomic mass is 32.1. The molecule has 0 spiro atoms. The number of phenols is 1. The lowest BCUT2D eigenvalue weighted by Gasteiger charge is -2.44. The summed E-state index contributed by atoms with van der Waals surface area (Å²) in [5.74, 6) is -0.193. The molecule has 3 nitrogen and oxygen atoms in total. The summed E-state index contributed by atoms with van der Waals surface area (Å²) in [6.07, 6.45) is 0. The molecule has 0 saturated heterocycles. The summed E-state index contributed by atoms with van der Waals surface area (Å²) < 4.78 is 2.52. The number of aromatic hydroxyl groups is 1. The summed E-state index contributed by atoms with van der Waals surface area (Å²) in [6, 6.07) is 27.2. The Hall–Kier alpha value is -4.22. The maximum atomic E-state index is 11.8. The van der Waals surface area contributed by atoms with Gasteiger partial charge in [0.1, 0.15) is 37.1 Å². The van der Waals surface area contributed by atoms with Crippen LogP contribution in [-0.4, -0.2) is 43.2 Å². The number of fused-ring (bicyclic) bond motifs is 6. The zero-order chi connectivity index (χ0) is 39.0. The first-order valence-electron chi connectivity index (χ1n) is 18.7. The van der Waals surface area contributed by atoms with Crippen molar-refractivity contribution in [1.29, 1.82) is 0 Å². The van der Waals surface area contributed by atoms with E-state index in [1.54, 1.807) is 0 Å². The Bertz CT molecular complexity index is 2510.